The molecule has 0 atom stereocenters. The van der Waals surface area contributed by atoms with Crippen LogP contribution in [0.25, 0.3) is 10.9 Å². The summed E-state index contributed by atoms with van der Waals surface area (Å²) in [6, 6.07) is 13.6. The van der Waals surface area contributed by atoms with E-state index in [9.17, 15) is 8.42 Å². The van der Waals surface area contributed by atoms with Crippen LogP contribution in [0.5, 0.6) is 23.0 Å². The minimum absolute atomic E-state index is 0.0579. The highest BCUT2D eigenvalue weighted by molar-refractivity contribution is 7.92. The zero-order chi connectivity index (χ0) is 31.3. The molecular weight excluding hydrogens is 607 g/mol. The van der Waals surface area contributed by atoms with Gasteiger partial charge in [0.2, 0.25) is 0 Å². The number of aryl methyl sites for hydroxylation is 1. The molecule has 0 saturated carbocycles. The Morgan fingerprint density at radius 2 is 1.77 bits per heavy atom. The SMILES string of the molecule is CCc1cc(Cl)ccc1S(=O)(=O)Nc1ccc(Oc2ccnc3cc(OCCCN4CCN(C)CC4)c(OC)cc23)c(F)c1. The molecule has 1 aliphatic rings. The Morgan fingerprint density at radius 3 is 2.50 bits per heavy atom. The maximum absolute atomic E-state index is 15.2. The summed E-state index contributed by atoms with van der Waals surface area (Å²) in [5.74, 6) is 0.612. The Morgan fingerprint density at radius 1 is 0.977 bits per heavy atom. The molecule has 1 fully saturated rings. The second-order valence-electron chi connectivity index (χ2n) is 10.6. The fourth-order valence-corrected chi connectivity index (χ4v) is 6.63. The topological polar surface area (TPSA) is 93.2 Å². The number of hydrogen-bond acceptors (Lipinski definition) is 8. The standard InChI is InChI=1S/C32H36ClFN4O5S/c1-4-22-18-23(33)6-9-32(22)44(39,40)36-24-7-8-29(26(34)19-24)43-28-10-11-35-27-21-31(30(41-3)20-25(27)28)42-17-5-12-38-15-13-37(2)14-16-38/h6-11,18-21,36H,4-5,12-17H2,1-3H3. The molecule has 0 aliphatic carbocycles. The molecule has 1 saturated heterocycles. The number of methoxy groups -OCH3 is 1. The first-order valence-electron chi connectivity index (χ1n) is 14.5. The maximum atomic E-state index is 15.2. The second-order valence-corrected chi connectivity index (χ2v) is 12.7. The van der Waals surface area contributed by atoms with Crippen molar-refractivity contribution in [3.8, 4) is 23.0 Å². The highest BCUT2D eigenvalue weighted by atomic mass is 35.5. The average Bonchev–Trinajstić information content (AvgIpc) is 3.00. The third kappa shape index (κ3) is 7.52. The van der Waals surface area contributed by atoms with Crippen molar-refractivity contribution in [3.63, 3.8) is 0 Å². The first-order valence-corrected chi connectivity index (χ1v) is 16.3. The van der Waals surface area contributed by atoms with Crippen molar-refractivity contribution in [1.29, 1.82) is 0 Å². The summed E-state index contributed by atoms with van der Waals surface area (Å²) >= 11 is 6.03. The van der Waals surface area contributed by atoms with Gasteiger partial charge in [-0.3, -0.25) is 9.71 Å². The molecule has 0 unspecified atom stereocenters. The quantitative estimate of drug-likeness (QED) is 0.183. The number of benzene rings is 3. The van der Waals surface area contributed by atoms with Crippen molar-refractivity contribution in [2.75, 3.05) is 58.2 Å². The minimum Gasteiger partial charge on any atom is -0.493 e. The molecule has 12 heteroatoms. The van der Waals surface area contributed by atoms with E-state index in [1.54, 1.807) is 37.6 Å². The van der Waals surface area contributed by atoms with Gasteiger partial charge in [0, 0.05) is 61.5 Å². The number of sulfonamides is 1. The highest BCUT2D eigenvalue weighted by Gasteiger charge is 2.20. The fraction of sp³-hybridized carbons (Fsp3) is 0.344. The van der Waals surface area contributed by atoms with Crippen molar-refractivity contribution in [3.05, 3.63) is 77.2 Å². The number of likely N-dealkylation sites (N-methyl/N-ethyl adjacent to an activating group) is 1. The van der Waals surface area contributed by atoms with Crippen LogP contribution in [0.15, 0.2) is 65.7 Å². The monoisotopic (exact) mass is 642 g/mol. The zero-order valence-electron chi connectivity index (χ0n) is 25.0. The molecule has 4 aromatic rings. The number of ether oxygens (including phenoxy) is 3. The van der Waals surface area contributed by atoms with Crippen LogP contribution in [-0.4, -0.2) is 76.7 Å². The number of halogens is 2. The van der Waals surface area contributed by atoms with E-state index in [2.05, 4.69) is 26.6 Å². The molecule has 1 N–H and O–H groups in total. The van der Waals surface area contributed by atoms with Gasteiger partial charge in [-0.25, -0.2) is 12.8 Å². The Hall–Kier alpha value is -3.64. The van der Waals surface area contributed by atoms with E-state index in [1.807, 2.05) is 6.92 Å². The molecule has 0 amide bonds. The molecule has 0 bridgehead atoms. The molecule has 5 rings (SSSR count). The van der Waals surface area contributed by atoms with Crippen LogP contribution < -0.4 is 18.9 Å². The van der Waals surface area contributed by atoms with Crippen LogP contribution in [0, 0.1) is 5.82 Å². The van der Waals surface area contributed by atoms with Gasteiger partial charge >= 0.3 is 0 Å². The van der Waals surface area contributed by atoms with Crippen LogP contribution in [0.2, 0.25) is 5.02 Å². The number of nitrogens with zero attached hydrogens (tertiary/aromatic N) is 3. The number of nitrogens with one attached hydrogen (secondary N) is 1. The number of pyridine rings is 1. The van der Waals surface area contributed by atoms with Crippen molar-refractivity contribution in [2.45, 2.75) is 24.7 Å². The molecule has 234 valence electrons. The van der Waals surface area contributed by atoms with E-state index in [4.69, 9.17) is 25.8 Å². The smallest absolute Gasteiger partial charge is 0.262 e. The van der Waals surface area contributed by atoms with Crippen LogP contribution in [0.4, 0.5) is 10.1 Å². The van der Waals surface area contributed by atoms with E-state index < -0.39 is 15.8 Å². The van der Waals surface area contributed by atoms with E-state index in [0.717, 1.165) is 45.2 Å². The van der Waals surface area contributed by atoms with Gasteiger partial charge in [-0.1, -0.05) is 18.5 Å². The molecular formula is C32H36ClFN4O5S. The van der Waals surface area contributed by atoms with E-state index >= 15 is 4.39 Å². The van der Waals surface area contributed by atoms with Gasteiger partial charge in [-0.15, -0.1) is 0 Å². The minimum atomic E-state index is -3.97. The molecule has 1 aliphatic heterocycles. The lowest BCUT2D eigenvalue weighted by Crippen LogP contribution is -2.44. The van der Waals surface area contributed by atoms with Crippen LogP contribution in [-0.2, 0) is 16.4 Å². The maximum Gasteiger partial charge on any atom is 0.262 e. The lowest BCUT2D eigenvalue weighted by molar-refractivity contribution is 0.145. The molecule has 3 aromatic carbocycles. The first-order chi connectivity index (χ1) is 21.2. The molecule has 1 aromatic heterocycles. The number of aromatic nitrogens is 1. The van der Waals surface area contributed by atoms with Crippen LogP contribution >= 0.6 is 11.6 Å². The van der Waals surface area contributed by atoms with Gasteiger partial charge < -0.3 is 24.0 Å². The molecule has 44 heavy (non-hydrogen) atoms. The van der Waals surface area contributed by atoms with Crippen molar-refractivity contribution >= 4 is 38.2 Å². The summed E-state index contributed by atoms with van der Waals surface area (Å²) in [6.45, 7) is 7.60. The lowest BCUT2D eigenvalue weighted by Gasteiger charge is -2.32. The van der Waals surface area contributed by atoms with Crippen molar-refractivity contribution in [2.24, 2.45) is 0 Å². The predicted molar refractivity (Wildman–Crippen MR) is 170 cm³/mol. The van der Waals surface area contributed by atoms with E-state index in [1.165, 1.54) is 24.3 Å². The Labute approximate surface area is 262 Å². The summed E-state index contributed by atoms with van der Waals surface area (Å²) < 4.78 is 61.3. The van der Waals surface area contributed by atoms with Gasteiger partial charge in [0.1, 0.15) is 5.75 Å². The third-order valence-electron chi connectivity index (χ3n) is 7.56. The van der Waals surface area contributed by atoms with Gasteiger partial charge in [0.05, 0.1) is 29.8 Å². The Bertz CT molecular complexity index is 1730. The Kier molecular flexibility index (Phi) is 10.1. The van der Waals surface area contributed by atoms with Gasteiger partial charge in [0.25, 0.3) is 10.0 Å². The van der Waals surface area contributed by atoms with Gasteiger partial charge in [0.15, 0.2) is 23.1 Å². The summed E-state index contributed by atoms with van der Waals surface area (Å²) in [7, 11) is -0.274. The first kappa shape index (κ1) is 31.8. The average molecular weight is 643 g/mol. The van der Waals surface area contributed by atoms with Gasteiger partial charge in [-0.05, 0) is 67.9 Å². The molecule has 0 spiro atoms. The fourth-order valence-electron chi connectivity index (χ4n) is 5.09. The largest absolute Gasteiger partial charge is 0.493 e. The number of hydrogen-bond donors (Lipinski definition) is 1. The lowest BCUT2D eigenvalue weighted by atomic mass is 10.1. The van der Waals surface area contributed by atoms with Gasteiger partial charge in [-0.2, -0.15) is 0 Å². The summed E-state index contributed by atoms with van der Waals surface area (Å²) in [6.07, 6.45) is 2.92. The van der Waals surface area contributed by atoms with E-state index in [-0.39, 0.29) is 16.3 Å². The summed E-state index contributed by atoms with van der Waals surface area (Å²) in [5, 5.41) is 1.04. The molecule has 0 radical (unpaired) electrons. The van der Waals surface area contributed by atoms with Crippen molar-refractivity contribution in [1.82, 2.24) is 14.8 Å². The summed E-state index contributed by atoms with van der Waals surface area (Å²) in [5.41, 5.74) is 1.21. The van der Waals surface area contributed by atoms with Crippen molar-refractivity contribution < 1.29 is 27.0 Å². The second kappa shape index (κ2) is 14.0. The van der Waals surface area contributed by atoms with Crippen LogP contribution in [0.1, 0.15) is 18.9 Å². The van der Waals surface area contributed by atoms with E-state index in [0.29, 0.717) is 51.8 Å². The molecule has 2 heterocycles. The molecule has 9 nitrogen and oxygen atoms in total. The normalized spacial score (nSPS) is 14.5. The zero-order valence-corrected chi connectivity index (χ0v) is 26.5. The number of anilines is 1. The Balaban J connectivity index is 1.28. The summed E-state index contributed by atoms with van der Waals surface area (Å²) in [4.78, 5) is 9.30. The van der Waals surface area contributed by atoms with Crippen LogP contribution in [0.3, 0.4) is 0 Å². The number of fused-ring (bicyclic) bond motifs is 1. The highest BCUT2D eigenvalue weighted by Crippen LogP contribution is 2.38. The predicted octanol–water partition coefficient (Wildman–Crippen LogP) is 6.21. The third-order valence-corrected chi connectivity index (χ3v) is 9.27. The number of piperazine rings is 1. The number of rotatable bonds is 12.